The minimum absolute atomic E-state index is 1.00. The van der Waals surface area contributed by atoms with Gasteiger partial charge in [0.25, 0.3) is 0 Å². The second kappa shape index (κ2) is 4.85. The van der Waals surface area contributed by atoms with Gasteiger partial charge in [0.05, 0.1) is 15.0 Å². The van der Waals surface area contributed by atoms with Crippen LogP contribution in [0.15, 0.2) is 0 Å². The van der Waals surface area contributed by atoms with Gasteiger partial charge in [-0.25, -0.2) is 0 Å². The van der Waals surface area contributed by atoms with Gasteiger partial charge in [0, 0.05) is 6.54 Å². The average Bonchev–Trinajstić information content (AvgIpc) is 3.01. The average molecular weight is 318 g/mol. The first-order valence-corrected chi connectivity index (χ1v) is 7.08. The Morgan fingerprint density at radius 1 is 1.33 bits per heavy atom. The zero-order valence-corrected chi connectivity index (χ0v) is 11.7. The van der Waals surface area contributed by atoms with E-state index in [0.717, 1.165) is 25.3 Å². The lowest BCUT2D eigenvalue weighted by atomic mass is 10.2. The van der Waals surface area contributed by atoms with Crippen LogP contribution in [0.3, 0.4) is 0 Å². The van der Waals surface area contributed by atoms with Gasteiger partial charge in [-0.15, -0.1) is 0 Å². The molecular weight excluding hydrogens is 299 g/mol. The maximum absolute atomic E-state index is 4.71. The summed E-state index contributed by atoms with van der Waals surface area (Å²) in [5, 5.41) is 4.71. The van der Waals surface area contributed by atoms with Crippen LogP contribution in [0.1, 0.15) is 44.5 Å². The van der Waals surface area contributed by atoms with Gasteiger partial charge >= 0.3 is 0 Å². The van der Waals surface area contributed by atoms with Crippen molar-refractivity contribution in [1.29, 1.82) is 0 Å². The van der Waals surface area contributed by atoms with Crippen molar-refractivity contribution >= 4 is 22.6 Å². The van der Waals surface area contributed by atoms with E-state index in [-0.39, 0.29) is 0 Å². The Labute approximate surface area is 106 Å². The van der Waals surface area contributed by atoms with Gasteiger partial charge in [-0.1, -0.05) is 26.7 Å². The molecule has 0 spiro atoms. The lowest BCUT2D eigenvalue weighted by molar-refractivity contribution is 0.525. The molecule has 0 atom stereocenters. The third kappa shape index (κ3) is 2.55. The van der Waals surface area contributed by atoms with Crippen LogP contribution in [0.25, 0.3) is 0 Å². The molecule has 1 aliphatic carbocycles. The first-order valence-electron chi connectivity index (χ1n) is 6.00. The monoisotopic (exact) mass is 318 g/mol. The highest BCUT2D eigenvalue weighted by atomic mass is 127. The minimum atomic E-state index is 1.00. The highest BCUT2D eigenvalue weighted by Gasteiger charge is 2.22. The fourth-order valence-corrected chi connectivity index (χ4v) is 3.14. The number of aryl methyl sites for hydroxylation is 2. The lowest BCUT2D eigenvalue weighted by Crippen LogP contribution is -2.05. The van der Waals surface area contributed by atoms with E-state index in [4.69, 9.17) is 5.10 Å². The largest absolute Gasteiger partial charge is 0.268 e. The number of hydrogen-bond donors (Lipinski definition) is 0. The maximum Gasteiger partial charge on any atom is 0.0758 e. The summed E-state index contributed by atoms with van der Waals surface area (Å²) in [4.78, 5) is 0. The van der Waals surface area contributed by atoms with Crippen LogP contribution < -0.4 is 0 Å². The number of aromatic nitrogens is 2. The molecule has 0 saturated heterocycles. The molecular formula is C12H19IN2. The normalized spacial score (nSPS) is 15.9. The number of hydrogen-bond acceptors (Lipinski definition) is 1. The van der Waals surface area contributed by atoms with Crippen molar-refractivity contribution in [3.8, 4) is 0 Å². The molecule has 3 heteroatoms. The van der Waals surface area contributed by atoms with Crippen molar-refractivity contribution in [2.75, 3.05) is 0 Å². The van der Waals surface area contributed by atoms with Crippen LogP contribution in [-0.2, 0) is 19.4 Å². The van der Waals surface area contributed by atoms with Gasteiger partial charge in [-0.2, -0.15) is 5.10 Å². The van der Waals surface area contributed by atoms with Gasteiger partial charge in [-0.05, 0) is 47.8 Å². The number of nitrogens with zero attached hydrogens (tertiary/aromatic N) is 2. The molecule has 1 aromatic heterocycles. The lowest BCUT2D eigenvalue weighted by Gasteiger charge is -2.04. The molecule has 0 bridgehead atoms. The van der Waals surface area contributed by atoms with Crippen molar-refractivity contribution in [3.63, 3.8) is 0 Å². The third-order valence-electron chi connectivity index (χ3n) is 3.18. The van der Waals surface area contributed by atoms with Crippen LogP contribution in [0.2, 0.25) is 0 Å². The molecule has 1 heterocycles. The van der Waals surface area contributed by atoms with Gasteiger partial charge in [-0.3, -0.25) is 4.68 Å². The molecule has 1 aromatic rings. The summed E-state index contributed by atoms with van der Waals surface area (Å²) in [5.41, 5.74) is 2.72. The molecule has 1 saturated carbocycles. The standard InChI is InChI=1S/C12H19IN2/c1-3-10-12(13)11(4-2)15(14-10)8-7-9-5-6-9/h9H,3-8H2,1-2H3. The molecule has 0 N–H and O–H groups in total. The molecule has 0 aliphatic heterocycles. The molecule has 1 fully saturated rings. The zero-order chi connectivity index (χ0) is 10.8. The van der Waals surface area contributed by atoms with Crippen molar-refractivity contribution in [3.05, 3.63) is 15.0 Å². The molecule has 0 aromatic carbocycles. The second-order valence-corrected chi connectivity index (χ2v) is 5.45. The second-order valence-electron chi connectivity index (χ2n) is 4.37. The maximum atomic E-state index is 4.71. The molecule has 0 radical (unpaired) electrons. The van der Waals surface area contributed by atoms with Crippen molar-refractivity contribution < 1.29 is 0 Å². The van der Waals surface area contributed by atoms with Crippen LogP contribution in [0, 0.1) is 9.49 Å². The zero-order valence-electron chi connectivity index (χ0n) is 9.59. The molecule has 0 unspecified atom stereocenters. The van der Waals surface area contributed by atoms with Gasteiger partial charge in [0.1, 0.15) is 0 Å². The van der Waals surface area contributed by atoms with E-state index < -0.39 is 0 Å². The minimum Gasteiger partial charge on any atom is -0.268 e. The summed E-state index contributed by atoms with van der Waals surface area (Å²) >= 11 is 2.45. The van der Waals surface area contributed by atoms with Gasteiger partial charge < -0.3 is 0 Å². The van der Waals surface area contributed by atoms with Crippen LogP contribution >= 0.6 is 22.6 Å². The Hall–Kier alpha value is -0.0600. The van der Waals surface area contributed by atoms with Crippen molar-refractivity contribution in [2.24, 2.45) is 5.92 Å². The Bertz CT molecular complexity index is 340. The van der Waals surface area contributed by atoms with Crippen molar-refractivity contribution in [2.45, 2.75) is 52.5 Å². The highest BCUT2D eigenvalue weighted by molar-refractivity contribution is 14.1. The molecule has 1 aliphatic rings. The molecule has 15 heavy (non-hydrogen) atoms. The Kier molecular flexibility index (Phi) is 3.69. The SMILES string of the molecule is CCc1nn(CCC2CC2)c(CC)c1I. The predicted octanol–water partition coefficient (Wildman–Crippen LogP) is 3.41. The summed E-state index contributed by atoms with van der Waals surface area (Å²) in [5.74, 6) is 1.00. The van der Waals surface area contributed by atoms with E-state index in [9.17, 15) is 0 Å². The quantitative estimate of drug-likeness (QED) is 0.761. The van der Waals surface area contributed by atoms with E-state index in [0.29, 0.717) is 0 Å². The first kappa shape index (κ1) is 11.4. The summed E-state index contributed by atoms with van der Waals surface area (Å²) in [6, 6.07) is 0. The van der Waals surface area contributed by atoms with Gasteiger partial charge in [0.2, 0.25) is 0 Å². The number of halogens is 1. The van der Waals surface area contributed by atoms with Crippen LogP contribution in [-0.4, -0.2) is 9.78 Å². The molecule has 2 nitrogen and oxygen atoms in total. The van der Waals surface area contributed by atoms with Crippen LogP contribution in [0.5, 0.6) is 0 Å². The van der Waals surface area contributed by atoms with E-state index in [1.54, 1.807) is 0 Å². The predicted molar refractivity (Wildman–Crippen MR) is 71.0 cm³/mol. The van der Waals surface area contributed by atoms with Crippen molar-refractivity contribution in [1.82, 2.24) is 9.78 Å². The number of rotatable bonds is 5. The van der Waals surface area contributed by atoms with Gasteiger partial charge in [0.15, 0.2) is 0 Å². The topological polar surface area (TPSA) is 17.8 Å². The van der Waals surface area contributed by atoms with Crippen LogP contribution in [0.4, 0.5) is 0 Å². The molecule has 2 rings (SSSR count). The summed E-state index contributed by atoms with van der Waals surface area (Å²) in [7, 11) is 0. The molecule has 84 valence electrons. The van der Waals surface area contributed by atoms with E-state index in [1.165, 1.54) is 34.2 Å². The van der Waals surface area contributed by atoms with E-state index >= 15 is 0 Å². The summed E-state index contributed by atoms with van der Waals surface area (Å²) in [6.07, 6.45) is 6.38. The summed E-state index contributed by atoms with van der Waals surface area (Å²) in [6.45, 7) is 5.55. The Balaban J connectivity index is 2.12. The Morgan fingerprint density at radius 3 is 2.60 bits per heavy atom. The van der Waals surface area contributed by atoms with E-state index in [2.05, 4.69) is 41.1 Å². The highest BCUT2D eigenvalue weighted by Crippen LogP contribution is 2.33. The fourth-order valence-electron chi connectivity index (χ4n) is 1.99. The third-order valence-corrected chi connectivity index (χ3v) is 4.42. The fraction of sp³-hybridized carbons (Fsp3) is 0.750. The first-order chi connectivity index (χ1) is 7.26. The molecule has 0 amide bonds. The van der Waals surface area contributed by atoms with E-state index in [1.807, 2.05) is 0 Å². The Morgan fingerprint density at radius 2 is 2.07 bits per heavy atom. The summed E-state index contributed by atoms with van der Waals surface area (Å²) < 4.78 is 3.65. The smallest absolute Gasteiger partial charge is 0.0758 e.